The molecule has 0 aromatic heterocycles. The minimum atomic E-state index is -0.0569. The number of hydrogen-bond acceptors (Lipinski definition) is 3. The molecule has 0 fully saturated rings. The van der Waals surface area contributed by atoms with Crippen LogP contribution in [-0.4, -0.2) is 5.78 Å². The molecule has 0 unspecified atom stereocenters. The summed E-state index contributed by atoms with van der Waals surface area (Å²) in [5.74, 6) is 1.19. The fourth-order valence-electron chi connectivity index (χ4n) is 2.15. The van der Waals surface area contributed by atoms with Crippen LogP contribution in [0.4, 0.5) is 5.69 Å². The number of carbonyl (C=O) groups is 1. The first-order chi connectivity index (χ1) is 10.7. The second-order valence-electron chi connectivity index (χ2n) is 4.86. The van der Waals surface area contributed by atoms with Gasteiger partial charge < -0.3 is 10.5 Å². The minimum absolute atomic E-state index is 0.0569. The predicted octanol–water partition coefficient (Wildman–Crippen LogP) is 4.29. The number of ketones is 1. The first-order valence-corrected chi connectivity index (χ1v) is 6.96. The van der Waals surface area contributed by atoms with E-state index in [9.17, 15) is 4.79 Å². The van der Waals surface area contributed by atoms with E-state index in [1.807, 2.05) is 48.5 Å². The molecule has 0 radical (unpaired) electrons. The van der Waals surface area contributed by atoms with Crippen molar-refractivity contribution in [1.82, 2.24) is 0 Å². The molecule has 3 aromatic carbocycles. The van der Waals surface area contributed by atoms with Crippen molar-refractivity contribution in [1.29, 1.82) is 0 Å². The first kappa shape index (κ1) is 13.9. The van der Waals surface area contributed by atoms with Crippen LogP contribution >= 0.6 is 0 Å². The predicted molar refractivity (Wildman–Crippen MR) is 87.2 cm³/mol. The topological polar surface area (TPSA) is 52.3 Å². The second kappa shape index (κ2) is 6.14. The third kappa shape index (κ3) is 2.99. The number of benzene rings is 3. The average molecular weight is 289 g/mol. The van der Waals surface area contributed by atoms with E-state index in [1.165, 1.54) is 0 Å². The lowest BCUT2D eigenvalue weighted by molar-refractivity contribution is 0.103. The number of para-hydroxylation sites is 1. The van der Waals surface area contributed by atoms with Crippen molar-refractivity contribution in [2.75, 3.05) is 5.73 Å². The van der Waals surface area contributed by atoms with E-state index in [-0.39, 0.29) is 5.78 Å². The molecule has 0 aliphatic heterocycles. The largest absolute Gasteiger partial charge is 0.455 e. The summed E-state index contributed by atoms with van der Waals surface area (Å²) in [4.78, 5) is 12.4. The smallest absolute Gasteiger partial charge is 0.193 e. The normalized spacial score (nSPS) is 10.2. The number of ether oxygens (including phenoxy) is 1. The highest BCUT2D eigenvalue weighted by Gasteiger charge is 2.11. The highest BCUT2D eigenvalue weighted by Crippen LogP contribution is 2.28. The lowest BCUT2D eigenvalue weighted by Crippen LogP contribution is -2.02. The highest BCUT2D eigenvalue weighted by molar-refractivity contribution is 6.09. The van der Waals surface area contributed by atoms with Crippen LogP contribution in [0.1, 0.15) is 15.9 Å². The minimum Gasteiger partial charge on any atom is -0.455 e. The zero-order chi connectivity index (χ0) is 15.4. The molecule has 0 aliphatic carbocycles. The van der Waals surface area contributed by atoms with Crippen LogP contribution in [0.5, 0.6) is 11.5 Å². The third-order valence-corrected chi connectivity index (χ3v) is 3.28. The Balaban J connectivity index is 1.85. The summed E-state index contributed by atoms with van der Waals surface area (Å²) >= 11 is 0. The monoisotopic (exact) mass is 289 g/mol. The average Bonchev–Trinajstić information content (AvgIpc) is 2.58. The van der Waals surface area contributed by atoms with Gasteiger partial charge in [0.25, 0.3) is 0 Å². The standard InChI is InChI=1S/C19H15NO2/c20-17-13-15(19(21)14-7-3-1-4-8-14)11-12-18(17)22-16-9-5-2-6-10-16/h1-13H,20H2. The number of hydrogen-bond donors (Lipinski definition) is 1. The zero-order valence-corrected chi connectivity index (χ0v) is 11.9. The Morgan fingerprint density at radius 2 is 1.41 bits per heavy atom. The highest BCUT2D eigenvalue weighted by atomic mass is 16.5. The number of carbonyl (C=O) groups excluding carboxylic acids is 1. The number of nitrogens with two attached hydrogens (primary N) is 1. The van der Waals surface area contributed by atoms with Gasteiger partial charge in [0.05, 0.1) is 5.69 Å². The Hall–Kier alpha value is -3.07. The van der Waals surface area contributed by atoms with Gasteiger partial charge in [0.1, 0.15) is 11.5 Å². The van der Waals surface area contributed by atoms with Gasteiger partial charge in [0, 0.05) is 11.1 Å². The van der Waals surface area contributed by atoms with Crippen LogP contribution in [-0.2, 0) is 0 Å². The van der Waals surface area contributed by atoms with Crippen molar-refractivity contribution in [2.24, 2.45) is 0 Å². The molecule has 3 heteroatoms. The van der Waals surface area contributed by atoms with E-state index in [0.29, 0.717) is 28.3 Å². The lowest BCUT2D eigenvalue weighted by atomic mass is 10.0. The Bertz CT molecular complexity index is 783. The Morgan fingerprint density at radius 1 is 0.773 bits per heavy atom. The molecule has 0 bridgehead atoms. The maximum absolute atomic E-state index is 12.4. The van der Waals surface area contributed by atoms with E-state index in [1.54, 1.807) is 30.3 Å². The van der Waals surface area contributed by atoms with E-state index in [0.717, 1.165) is 0 Å². The molecule has 3 aromatic rings. The van der Waals surface area contributed by atoms with E-state index in [4.69, 9.17) is 10.5 Å². The molecular formula is C19H15NO2. The van der Waals surface area contributed by atoms with Crippen molar-refractivity contribution in [2.45, 2.75) is 0 Å². The van der Waals surface area contributed by atoms with Gasteiger partial charge in [-0.05, 0) is 30.3 Å². The van der Waals surface area contributed by atoms with E-state index >= 15 is 0 Å². The number of rotatable bonds is 4. The quantitative estimate of drug-likeness (QED) is 0.575. The molecule has 108 valence electrons. The van der Waals surface area contributed by atoms with Crippen molar-refractivity contribution in [3.05, 3.63) is 90.0 Å². The van der Waals surface area contributed by atoms with Crippen LogP contribution in [0, 0.1) is 0 Å². The van der Waals surface area contributed by atoms with Gasteiger partial charge >= 0.3 is 0 Å². The third-order valence-electron chi connectivity index (χ3n) is 3.28. The van der Waals surface area contributed by atoms with Gasteiger partial charge in [0.15, 0.2) is 5.78 Å². The fraction of sp³-hybridized carbons (Fsp3) is 0. The Labute approximate surface area is 129 Å². The zero-order valence-electron chi connectivity index (χ0n) is 11.9. The van der Waals surface area contributed by atoms with Crippen LogP contribution in [0.15, 0.2) is 78.9 Å². The molecular weight excluding hydrogens is 274 g/mol. The van der Waals surface area contributed by atoms with Crippen LogP contribution in [0.3, 0.4) is 0 Å². The fourth-order valence-corrected chi connectivity index (χ4v) is 2.15. The van der Waals surface area contributed by atoms with Gasteiger partial charge in [0.2, 0.25) is 0 Å². The molecule has 0 atom stereocenters. The van der Waals surface area contributed by atoms with Crippen LogP contribution in [0.25, 0.3) is 0 Å². The molecule has 3 rings (SSSR count). The molecule has 2 N–H and O–H groups in total. The summed E-state index contributed by atoms with van der Waals surface area (Å²) < 4.78 is 5.71. The van der Waals surface area contributed by atoms with Crippen LogP contribution < -0.4 is 10.5 Å². The Kier molecular flexibility index (Phi) is 3.88. The van der Waals surface area contributed by atoms with Gasteiger partial charge in [-0.3, -0.25) is 4.79 Å². The van der Waals surface area contributed by atoms with Crippen LogP contribution in [0.2, 0.25) is 0 Å². The van der Waals surface area contributed by atoms with Gasteiger partial charge in [-0.1, -0.05) is 48.5 Å². The van der Waals surface area contributed by atoms with Crippen molar-refractivity contribution in [3.63, 3.8) is 0 Å². The molecule has 0 saturated carbocycles. The molecule has 0 amide bonds. The maximum Gasteiger partial charge on any atom is 0.193 e. The molecule has 3 nitrogen and oxygen atoms in total. The van der Waals surface area contributed by atoms with E-state index in [2.05, 4.69) is 0 Å². The van der Waals surface area contributed by atoms with Crippen molar-refractivity contribution >= 4 is 11.5 Å². The lowest BCUT2D eigenvalue weighted by Gasteiger charge is -2.10. The van der Waals surface area contributed by atoms with Gasteiger partial charge in [-0.25, -0.2) is 0 Å². The summed E-state index contributed by atoms with van der Waals surface area (Å²) in [5, 5.41) is 0. The number of nitrogen functional groups attached to an aromatic ring is 1. The molecule has 0 spiro atoms. The summed E-state index contributed by atoms with van der Waals surface area (Å²) in [6, 6.07) is 23.6. The van der Waals surface area contributed by atoms with Crippen molar-refractivity contribution in [3.8, 4) is 11.5 Å². The second-order valence-corrected chi connectivity index (χ2v) is 4.86. The molecule has 0 heterocycles. The summed E-state index contributed by atoms with van der Waals surface area (Å²) in [5.41, 5.74) is 7.63. The summed E-state index contributed by atoms with van der Waals surface area (Å²) in [6.45, 7) is 0. The number of anilines is 1. The summed E-state index contributed by atoms with van der Waals surface area (Å²) in [6.07, 6.45) is 0. The molecule has 0 aliphatic rings. The van der Waals surface area contributed by atoms with Gasteiger partial charge in [-0.15, -0.1) is 0 Å². The van der Waals surface area contributed by atoms with Crippen molar-refractivity contribution < 1.29 is 9.53 Å². The van der Waals surface area contributed by atoms with E-state index < -0.39 is 0 Å². The summed E-state index contributed by atoms with van der Waals surface area (Å²) in [7, 11) is 0. The first-order valence-electron chi connectivity index (χ1n) is 6.96. The molecule has 0 saturated heterocycles. The van der Waals surface area contributed by atoms with Gasteiger partial charge in [-0.2, -0.15) is 0 Å². The molecule has 22 heavy (non-hydrogen) atoms. The Morgan fingerprint density at radius 3 is 2.05 bits per heavy atom. The maximum atomic E-state index is 12.4. The SMILES string of the molecule is Nc1cc(C(=O)c2ccccc2)ccc1Oc1ccccc1.